The maximum atomic E-state index is 13.8. The third-order valence-corrected chi connectivity index (χ3v) is 3.32. The fourth-order valence-corrected chi connectivity index (χ4v) is 2.38. The molecule has 1 aliphatic heterocycles. The first-order chi connectivity index (χ1) is 9.04. The van der Waals surface area contributed by atoms with Crippen molar-refractivity contribution >= 4 is 24.3 Å². The molecule has 0 saturated carbocycles. The summed E-state index contributed by atoms with van der Waals surface area (Å²) in [6, 6.07) is 4.42. The van der Waals surface area contributed by atoms with Crippen LogP contribution in [0.3, 0.4) is 0 Å². The fraction of sp³-hybridized carbons (Fsp3) is 0.385. The lowest BCUT2D eigenvalue weighted by Crippen LogP contribution is -2.32. The summed E-state index contributed by atoms with van der Waals surface area (Å²) in [5.41, 5.74) is 0.279. The largest absolute Gasteiger partial charge is 0.480 e. The Bertz CT molecular complexity index is 511. The van der Waals surface area contributed by atoms with Gasteiger partial charge in [-0.25, -0.2) is 4.39 Å². The lowest BCUT2D eigenvalue weighted by Gasteiger charge is -2.18. The van der Waals surface area contributed by atoms with Crippen LogP contribution >= 0.6 is 12.4 Å². The number of carboxylic acids is 1. The van der Waals surface area contributed by atoms with E-state index in [1.54, 1.807) is 6.07 Å². The van der Waals surface area contributed by atoms with Crippen LogP contribution in [0.2, 0.25) is 0 Å². The zero-order valence-corrected chi connectivity index (χ0v) is 11.5. The second-order valence-corrected chi connectivity index (χ2v) is 4.42. The van der Waals surface area contributed by atoms with Crippen molar-refractivity contribution in [2.45, 2.75) is 18.5 Å². The Kier molecular flexibility index (Phi) is 5.47. The topological polar surface area (TPSA) is 75.6 Å². The van der Waals surface area contributed by atoms with Crippen molar-refractivity contribution in [1.29, 1.82) is 0 Å². The van der Waals surface area contributed by atoms with Crippen LogP contribution in [0.1, 0.15) is 18.0 Å². The molecule has 0 bridgehead atoms. The minimum absolute atomic E-state index is 0. The molecule has 1 heterocycles. The molecule has 0 aromatic heterocycles. The van der Waals surface area contributed by atoms with Crippen LogP contribution in [0.5, 0.6) is 0 Å². The van der Waals surface area contributed by atoms with Crippen molar-refractivity contribution < 1.29 is 23.8 Å². The molecule has 0 spiro atoms. The smallest absolute Gasteiger partial charge is 0.320 e. The Morgan fingerprint density at radius 3 is 2.60 bits per heavy atom. The van der Waals surface area contributed by atoms with Crippen LogP contribution < -0.4 is 5.32 Å². The maximum Gasteiger partial charge on any atom is 0.320 e. The van der Waals surface area contributed by atoms with Crippen LogP contribution in [-0.4, -0.2) is 30.2 Å². The number of hydrogen-bond donors (Lipinski definition) is 2. The first kappa shape index (κ1) is 16.4. The van der Waals surface area contributed by atoms with Gasteiger partial charge in [0.15, 0.2) is 0 Å². The lowest BCUT2D eigenvalue weighted by atomic mass is 9.93. The van der Waals surface area contributed by atoms with Gasteiger partial charge in [0.1, 0.15) is 11.9 Å². The van der Waals surface area contributed by atoms with E-state index < -0.39 is 35.8 Å². The van der Waals surface area contributed by atoms with Crippen molar-refractivity contribution in [1.82, 2.24) is 5.32 Å². The predicted molar refractivity (Wildman–Crippen MR) is 71.1 cm³/mol. The molecule has 110 valence electrons. The average molecular weight is 304 g/mol. The Balaban J connectivity index is 0.00000200. The number of halogens is 2. The van der Waals surface area contributed by atoms with Crippen LogP contribution in [0.15, 0.2) is 24.3 Å². The second kappa shape index (κ2) is 6.67. The monoisotopic (exact) mass is 303 g/mol. The van der Waals surface area contributed by atoms with E-state index >= 15 is 0 Å². The standard InChI is InChI=1S/C13H14FNO4.ClH/c1-19-13(18)8-6-10(12(16)17)15-11(8)7-4-2-3-5-9(7)14;/h2-5,8,10-11,15H,6H2,1H3,(H,16,17);1H. The summed E-state index contributed by atoms with van der Waals surface area (Å²) >= 11 is 0. The van der Waals surface area contributed by atoms with Gasteiger partial charge in [-0.05, 0) is 12.5 Å². The lowest BCUT2D eigenvalue weighted by molar-refractivity contribution is -0.145. The summed E-state index contributed by atoms with van der Waals surface area (Å²) in [4.78, 5) is 22.7. The van der Waals surface area contributed by atoms with Gasteiger partial charge in [-0.3, -0.25) is 14.9 Å². The number of ether oxygens (including phenoxy) is 1. The maximum absolute atomic E-state index is 13.8. The minimum Gasteiger partial charge on any atom is -0.480 e. The summed E-state index contributed by atoms with van der Waals surface area (Å²) in [6.45, 7) is 0. The molecule has 3 unspecified atom stereocenters. The highest BCUT2D eigenvalue weighted by molar-refractivity contribution is 5.85. The molecule has 1 aromatic rings. The van der Waals surface area contributed by atoms with Gasteiger partial charge in [0.25, 0.3) is 0 Å². The number of methoxy groups -OCH3 is 1. The highest BCUT2D eigenvalue weighted by Crippen LogP contribution is 2.34. The fourth-order valence-electron chi connectivity index (χ4n) is 2.38. The van der Waals surface area contributed by atoms with Gasteiger partial charge in [-0.15, -0.1) is 12.4 Å². The molecule has 0 radical (unpaired) electrons. The highest BCUT2D eigenvalue weighted by atomic mass is 35.5. The van der Waals surface area contributed by atoms with Crippen molar-refractivity contribution in [3.8, 4) is 0 Å². The Labute approximate surface area is 121 Å². The molecule has 7 heteroatoms. The number of carbonyl (C=O) groups is 2. The molecule has 1 aromatic carbocycles. The first-order valence-electron chi connectivity index (χ1n) is 5.85. The summed E-state index contributed by atoms with van der Waals surface area (Å²) < 4.78 is 18.4. The molecule has 2 N–H and O–H groups in total. The first-order valence-corrected chi connectivity index (χ1v) is 5.85. The second-order valence-electron chi connectivity index (χ2n) is 4.42. The molecule has 20 heavy (non-hydrogen) atoms. The summed E-state index contributed by atoms with van der Waals surface area (Å²) in [5.74, 6) is -2.78. The molecule has 0 aliphatic carbocycles. The zero-order valence-electron chi connectivity index (χ0n) is 10.7. The molecular weight excluding hydrogens is 289 g/mol. The summed E-state index contributed by atoms with van der Waals surface area (Å²) in [6.07, 6.45) is 0.0843. The van der Waals surface area contributed by atoms with Gasteiger partial charge in [-0.2, -0.15) is 0 Å². The van der Waals surface area contributed by atoms with Gasteiger partial charge in [0, 0.05) is 11.6 Å². The Morgan fingerprint density at radius 2 is 2.05 bits per heavy atom. The number of esters is 1. The molecule has 3 atom stereocenters. The van der Waals surface area contributed by atoms with E-state index in [0.29, 0.717) is 0 Å². The number of aliphatic carboxylic acids is 1. The molecular formula is C13H15ClFNO4. The van der Waals surface area contributed by atoms with Crippen molar-refractivity contribution in [2.75, 3.05) is 7.11 Å². The van der Waals surface area contributed by atoms with Crippen LogP contribution in [-0.2, 0) is 14.3 Å². The van der Waals surface area contributed by atoms with E-state index in [9.17, 15) is 14.0 Å². The molecule has 0 amide bonds. The molecule has 1 saturated heterocycles. The third-order valence-electron chi connectivity index (χ3n) is 3.32. The molecule has 2 rings (SSSR count). The number of benzene rings is 1. The van der Waals surface area contributed by atoms with E-state index in [1.807, 2.05) is 0 Å². The predicted octanol–water partition coefficient (Wildman–Crippen LogP) is 1.52. The van der Waals surface area contributed by atoms with E-state index in [2.05, 4.69) is 10.1 Å². The summed E-state index contributed by atoms with van der Waals surface area (Å²) in [5, 5.41) is 11.8. The van der Waals surface area contributed by atoms with E-state index in [0.717, 1.165) is 0 Å². The SMILES string of the molecule is COC(=O)C1CC(C(=O)O)NC1c1ccccc1F.Cl. The van der Waals surface area contributed by atoms with Crippen molar-refractivity contribution in [2.24, 2.45) is 5.92 Å². The third kappa shape index (κ3) is 3.08. The van der Waals surface area contributed by atoms with Gasteiger partial charge in [0.2, 0.25) is 0 Å². The minimum atomic E-state index is -1.06. The normalized spacial score (nSPS) is 24.8. The van der Waals surface area contributed by atoms with Gasteiger partial charge in [-0.1, -0.05) is 18.2 Å². The van der Waals surface area contributed by atoms with Crippen LogP contribution in [0.4, 0.5) is 4.39 Å². The Hall–Kier alpha value is -1.66. The van der Waals surface area contributed by atoms with E-state index in [-0.39, 0.29) is 24.4 Å². The van der Waals surface area contributed by atoms with Crippen molar-refractivity contribution in [3.05, 3.63) is 35.6 Å². The van der Waals surface area contributed by atoms with Gasteiger partial charge in [0.05, 0.1) is 13.0 Å². The average Bonchev–Trinajstić information content (AvgIpc) is 2.83. The number of rotatable bonds is 3. The van der Waals surface area contributed by atoms with E-state index in [4.69, 9.17) is 5.11 Å². The van der Waals surface area contributed by atoms with Crippen LogP contribution in [0.25, 0.3) is 0 Å². The summed E-state index contributed by atoms with van der Waals surface area (Å²) in [7, 11) is 1.23. The quantitative estimate of drug-likeness (QED) is 0.828. The zero-order chi connectivity index (χ0) is 14.0. The molecule has 1 fully saturated rings. The number of carbonyl (C=O) groups excluding carboxylic acids is 1. The van der Waals surface area contributed by atoms with E-state index in [1.165, 1.54) is 25.3 Å². The number of hydrogen-bond acceptors (Lipinski definition) is 4. The Morgan fingerprint density at radius 1 is 1.40 bits per heavy atom. The van der Waals surface area contributed by atoms with Crippen molar-refractivity contribution in [3.63, 3.8) is 0 Å². The van der Waals surface area contributed by atoms with Crippen LogP contribution in [0, 0.1) is 11.7 Å². The highest BCUT2D eigenvalue weighted by Gasteiger charge is 2.43. The molecule has 1 aliphatic rings. The molecule has 5 nitrogen and oxygen atoms in total. The van der Waals surface area contributed by atoms with Gasteiger partial charge < -0.3 is 9.84 Å². The van der Waals surface area contributed by atoms with Gasteiger partial charge >= 0.3 is 11.9 Å². The number of nitrogens with one attached hydrogen (secondary N) is 1. The number of carboxylic acid groups (broad SMARTS) is 1.